The van der Waals surface area contributed by atoms with E-state index in [1.54, 1.807) is 12.4 Å². The third-order valence-electron chi connectivity index (χ3n) is 6.69. The molecule has 0 saturated carbocycles. The van der Waals surface area contributed by atoms with Gasteiger partial charge < -0.3 is 19.4 Å². The Morgan fingerprint density at radius 2 is 2.03 bits per heavy atom. The number of nitrogens with one attached hydrogen (secondary N) is 1. The maximum absolute atomic E-state index is 13.2. The molecule has 1 spiro atoms. The van der Waals surface area contributed by atoms with Crippen LogP contribution < -0.4 is 0 Å². The second kappa shape index (κ2) is 8.44. The molecule has 6 nitrogen and oxygen atoms in total. The van der Waals surface area contributed by atoms with E-state index in [1.165, 1.54) is 5.56 Å². The highest BCUT2D eigenvalue weighted by Gasteiger charge is 2.45. The predicted molar refractivity (Wildman–Crippen MR) is 119 cm³/mol. The third kappa shape index (κ3) is 3.98. The highest BCUT2D eigenvalue weighted by molar-refractivity contribution is 6.05. The van der Waals surface area contributed by atoms with Crippen molar-refractivity contribution >= 4 is 16.9 Å². The number of H-pyrrole nitrogens is 1. The maximum Gasteiger partial charge on any atom is 0.256 e. The number of amides is 1. The van der Waals surface area contributed by atoms with E-state index < -0.39 is 0 Å². The Kier molecular flexibility index (Phi) is 5.50. The fraction of sp³-hybridized carbons (Fsp3) is 0.440. The number of likely N-dealkylation sites (tertiary alicyclic amines) is 1. The molecule has 1 N–H and O–H groups in total. The molecule has 1 aromatic carbocycles. The van der Waals surface area contributed by atoms with Gasteiger partial charge in [-0.15, -0.1) is 0 Å². The number of piperidine rings is 1. The van der Waals surface area contributed by atoms with Crippen LogP contribution in [0.2, 0.25) is 0 Å². The van der Waals surface area contributed by atoms with E-state index in [0.717, 1.165) is 36.7 Å². The summed E-state index contributed by atoms with van der Waals surface area (Å²) in [5.41, 5.74) is 2.41. The molecular formula is C25H29N3O3. The number of benzene rings is 1. The second-order valence-electron chi connectivity index (χ2n) is 8.61. The lowest BCUT2D eigenvalue weighted by Gasteiger charge is -2.48. The van der Waals surface area contributed by atoms with Crippen LogP contribution in [-0.4, -0.2) is 52.2 Å². The molecule has 2 aliphatic rings. The molecule has 1 amide bonds. The van der Waals surface area contributed by atoms with E-state index in [1.807, 2.05) is 23.1 Å². The lowest BCUT2D eigenvalue weighted by atomic mass is 9.80. The van der Waals surface area contributed by atoms with Gasteiger partial charge >= 0.3 is 0 Å². The van der Waals surface area contributed by atoms with Crippen LogP contribution in [0.25, 0.3) is 11.0 Å². The summed E-state index contributed by atoms with van der Waals surface area (Å²) in [6.45, 7) is 4.14. The number of ether oxygens (including phenoxy) is 2. The van der Waals surface area contributed by atoms with Gasteiger partial charge in [0.2, 0.25) is 0 Å². The Hall–Kier alpha value is -2.70. The van der Waals surface area contributed by atoms with Crippen LogP contribution in [0, 0.1) is 0 Å². The number of hydrogen-bond acceptors (Lipinski definition) is 4. The lowest BCUT2D eigenvalue weighted by molar-refractivity contribution is -0.190. The van der Waals surface area contributed by atoms with E-state index >= 15 is 0 Å². The molecule has 0 radical (unpaired) electrons. The van der Waals surface area contributed by atoms with Gasteiger partial charge in [-0.3, -0.25) is 4.79 Å². The van der Waals surface area contributed by atoms with Gasteiger partial charge in [0.25, 0.3) is 5.91 Å². The SMILES string of the molecule is CCO[C@H]1C[C@@H](c2ccccc2)OC2(CCN(C(=O)c3c[nH]c4ncccc34)CC2)C1. The summed E-state index contributed by atoms with van der Waals surface area (Å²) in [6.07, 6.45) is 7.15. The van der Waals surface area contributed by atoms with Crippen LogP contribution in [0.5, 0.6) is 0 Å². The van der Waals surface area contributed by atoms with Crippen molar-refractivity contribution in [3.05, 3.63) is 66.0 Å². The predicted octanol–water partition coefficient (Wildman–Crippen LogP) is 4.49. The summed E-state index contributed by atoms with van der Waals surface area (Å²) in [4.78, 5) is 22.6. The first-order valence-corrected chi connectivity index (χ1v) is 11.2. The van der Waals surface area contributed by atoms with Crippen molar-refractivity contribution in [3.63, 3.8) is 0 Å². The molecule has 4 heterocycles. The van der Waals surface area contributed by atoms with Gasteiger partial charge in [0, 0.05) is 50.3 Å². The van der Waals surface area contributed by atoms with Gasteiger partial charge in [0.05, 0.1) is 23.4 Å². The Bertz CT molecular complexity index is 1040. The largest absolute Gasteiger partial charge is 0.378 e. The Labute approximate surface area is 182 Å². The zero-order valence-electron chi connectivity index (χ0n) is 17.9. The Balaban J connectivity index is 1.32. The fourth-order valence-corrected chi connectivity index (χ4v) is 5.11. The van der Waals surface area contributed by atoms with Gasteiger partial charge in [-0.25, -0.2) is 4.98 Å². The lowest BCUT2D eigenvalue weighted by Crippen LogP contribution is -2.52. The van der Waals surface area contributed by atoms with Crippen molar-refractivity contribution in [3.8, 4) is 0 Å². The second-order valence-corrected chi connectivity index (χ2v) is 8.61. The summed E-state index contributed by atoms with van der Waals surface area (Å²) in [6, 6.07) is 14.2. The first kappa shape index (κ1) is 20.2. The molecule has 5 rings (SSSR count). The Morgan fingerprint density at radius 3 is 2.81 bits per heavy atom. The van der Waals surface area contributed by atoms with Gasteiger partial charge in [0.1, 0.15) is 5.65 Å². The zero-order valence-corrected chi connectivity index (χ0v) is 17.9. The van der Waals surface area contributed by atoms with Crippen molar-refractivity contribution in [1.29, 1.82) is 0 Å². The maximum atomic E-state index is 13.2. The fourth-order valence-electron chi connectivity index (χ4n) is 5.11. The van der Waals surface area contributed by atoms with E-state index in [2.05, 4.69) is 41.2 Å². The standard InChI is InChI=1S/C25H29N3O3/c1-2-30-19-15-22(18-7-4-3-5-8-18)31-25(16-19)10-13-28(14-11-25)24(29)21-17-27-23-20(21)9-6-12-26-23/h3-9,12,17,19,22H,2,10-11,13-16H2,1H3,(H,26,27)/t19-,22-/m0/s1. The summed E-state index contributed by atoms with van der Waals surface area (Å²) in [5, 5.41) is 0.877. The zero-order chi connectivity index (χ0) is 21.3. The summed E-state index contributed by atoms with van der Waals surface area (Å²) < 4.78 is 12.8. The minimum absolute atomic E-state index is 0.0356. The molecule has 2 saturated heterocycles. The van der Waals surface area contributed by atoms with E-state index in [0.29, 0.717) is 25.3 Å². The van der Waals surface area contributed by atoms with Crippen LogP contribution in [0.1, 0.15) is 54.6 Å². The van der Waals surface area contributed by atoms with E-state index in [-0.39, 0.29) is 23.7 Å². The van der Waals surface area contributed by atoms with E-state index in [4.69, 9.17) is 9.47 Å². The van der Waals surface area contributed by atoms with Crippen LogP contribution in [0.4, 0.5) is 0 Å². The molecule has 6 heteroatoms. The average Bonchev–Trinajstić information content (AvgIpc) is 3.24. The van der Waals surface area contributed by atoms with Crippen LogP contribution >= 0.6 is 0 Å². The number of aromatic amines is 1. The number of carbonyl (C=O) groups is 1. The van der Waals surface area contributed by atoms with Crippen molar-refractivity contribution in [2.45, 2.75) is 50.4 Å². The summed E-state index contributed by atoms with van der Waals surface area (Å²) in [7, 11) is 0. The molecule has 31 heavy (non-hydrogen) atoms. The molecule has 0 aliphatic carbocycles. The molecule has 3 aromatic rings. The number of carbonyl (C=O) groups excluding carboxylic acids is 1. The van der Waals surface area contributed by atoms with Crippen LogP contribution in [-0.2, 0) is 9.47 Å². The van der Waals surface area contributed by atoms with Crippen molar-refractivity contribution in [2.24, 2.45) is 0 Å². The quantitative estimate of drug-likeness (QED) is 0.676. The third-order valence-corrected chi connectivity index (χ3v) is 6.69. The van der Waals surface area contributed by atoms with Gasteiger partial charge in [-0.1, -0.05) is 30.3 Å². The number of aromatic nitrogens is 2. The summed E-state index contributed by atoms with van der Waals surface area (Å²) >= 11 is 0. The molecule has 2 fully saturated rings. The first-order chi connectivity index (χ1) is 15.2. The molecule has 0 unspecified atom stereocenters. The van der Waals surface area contributed by atoms with Crippen LogP contribution in [0.3, 0.4) is 0 Å². The molecular weight excluding hydrogens is 390 g/mol. The van der Waals surface area contributed by atoms with Crippen LogP contribution in [0.15, 0.2) is 54.9 Å². The minimum atomic E-state index is -0.239. The van der Waals surface area contributed by atoms with Crippen molar-refractivity contribution in [2.75, 3.05) is 19.7 Å². The number of rotatable bonds is 4. The highest BCUT2D eigenvalue weighted by atomic mass is 16.5. The minimum Gasteiger partial charge on any atom is -0.378 e. The van der Waals surface area contributed by atoms with Crippen molar-refractivity contribution < 1.29 is 14.3 Å². The molecule has 162 valence electrons. The van der Waals surface area contributed by atoms with E-state index in [9.17, 15) is 4.79 Å². The van der Waals surface area contributed by atoms with Gasteiger partial charge in [0.15, 0.2) is 0 Å². The number of hydrogen-bond donors (Lipinski definition) is 1. The summed E-state index contributed by atoms with van der Waals surface area (Å²) in [5.74, 6) is 0.0610. The normalized spacial score (nSPS) is 23.3. The van der Waals surface area contributed by atoms with Gasteiger partial charge in [-0.2, -0.15) is 0 Å². The molecule has 0 bridgehead atoms. The Morgan fingerprint density at radius 1 is 1.23 bits per heavy atom. The van der Waals surface area contributed by atoms with Crippen molar-refractivity contribution in [1.82, 2.24) is 14.9 Å². The molecule has 2 aromatic heterocycles. The molecule has 2 atom stereocenters. The number of pyridine rings is 1. The highest BCUT2D eigenvalue weighted by Crippen LogP contribution is 2.44. The number of fused-ring (bicyclic) bond motifs is 1. The first-order valence-electron chi connectivity index (χ1n) is 11.2. The smallest absolute Gasteiger partial charge is 0.256 e. The average molecular weight is 420 g/mol. The topological polar surface area (TPSA) is 67.5 Å². The van der Waals surface area contributed by atoms with Gasteiger partial charge in [-0.05, 0) is 37.5 Å². The monoisotopic (exact) mass is 419 g/mol. The number of nitrogens with zero attached hydrogens (tertiary/aromatic N) is 2. The molecule has 2 aliphatic heterocycles.